The Morgan fingerprint density at radius 3 is 2.73 bits per heavy atom. The molecule has 0 spiro atoms. The van der Waals surface area contributed by atoms with Gasteiger partial charge in [-0.3, -0.25) is 4.57 Å². The lowest BCUT2D eigenvalue weighted by Crippen LogP contribution is -2.29. The van der Waals surface area contributed by atoms with Gasteiger partial charge in [-0.05, 0) is 6.92 Å². The summed E-state index contributed by atoms with van der Waals surface area (Å²) in [5.74, 6) is -0.606. The fourth-order valence-electron chi connectivity index (χ4n) is 0.382. The van der Waals surface area contributed by atoms with Crippen molar-refractivity contribution in [2.24, 2.45) is 0 Å². The Balaban J connectivity index is 4.05. The van der Waals surface area contributed by atoms with Crippen molar-refractivity contribution >= 4 is 42.0 Å². The lowest BCUT2D eigenvalue weighted by molar-refractivity contribution is -0.142. The molecule has 1 unspecified atom stereocenters. The quantitative estimate of drug-likeness (QED) is 0.442. The second-order valence-corrected chi connectivity index (χ2v) is 4.74. The summed E-state index contributed by atoms with van der Waals surface area (Å²) >= 11 is 8.49. The summed E-state index contributed by atoms with van der Waals surface area (Å²) in [6.07, 6.45) is -0.00656. The highest BCUT2D eigenvalue weighted by atomic mass is 79.9. The van der Waals surface area contributed by atoms with Crippen LogP contribution in [0.15, 0.2) is 0 Å². The molecule has 1 atom stereocenters. The lowest BCUT2D eigenvalue weighted by atomic mass is 10.5. The molecule has 0 saturated carbocycles. The minimum absolute atomic E-state index is 0.00656. The molecule has 0 aliphatic rings. The van der Waals surface area contributed by atoms with Crippen LogP contribution < -0.4 is 0 Å². The van der Waals surface area contributed by atoms with Crippen LogP contribution in [-0.2, 0) is 14.1 Å². The van der Waals surface area contributed by atoms with Crippen molar-refractivity contribution < 1.29 is 14.1 Å². The first kappa shape index (κ1) is 11.3. The second-order valence-electron chi connectivity index (χ2n) is 1.71. The van der Waals surface area contributed by atoms with E-state index in [0.29, 0.717) is 0 Å². The van der Waals surface area contributed by atoms with E-state index >= 15 is 0 Å². The van der Waals surface area contributed by atoms with Crippen LogP contribution in [0.1, 0.15) is 6.92 Å². The number of hydrogen-bond donors (Lipinski definition) is 0. The van der Waals surface area contributed by atoms with Gasteiger partial charge in [0, 0.05) is 0 Å². The Morgan fingerprint density at radius 2 is 2.36 bits per heavy atom. The molecule has 11 heavy (non-hydrogen) atoms. The number of carbonyl (C=O) groups excluding carboxylic acids is 1. The third-order valence-corrected chi connectivity index (χ3v) is 2.95. The van der Waals surface area contributed by atoms with Crippen LogP contribution >= 0.6 is 36.0 Å². The minimum atomic E-state index is -1.34. The van der Waals surface area contributed by atoms with Crippen molar-refractivity contribution in [1.29, 1.82) is 0 Å². The van der Waals surface area contributed by atoms with Gasteiger partial charge in [0.05, 0.1) is 12.8 Å². The SMILES string of the molecule is CCOC(=O)C(Cl)(Br)CP=O. The van der Waals surface area contributed by atoms with Gasteiger partial charge in [-0.2, -0.15) is 0 Å². The predicted octanol–water partition coefficient (Wildman–Crippen LogP) is 2.17. The number of esters is 1. The smallest absolute Gasteiger partial charge is 0.339 e. The molecule has 3 nitrogen and oxygen atoms in total. The maximum Gasteiger partial charge on any atom is 0.339 e. The molecule has 0 bridgehead atoms. The van der Waals surface area contributed by atoms with Crippen LogP contribution in [0.5, 0.6) is 0 Å². The monoisotopic (exact) mass is 260 g/mol. The van der Waals surface area contributed by atoms with Gasteiger partial charge in [0.2, 0.25) is 3.78 Å². The van der Waals surface area contributed by atoms with Crippen LogP contribution in [0.2, 0.25) is 0 Å². The highest BCUT2D eigenvalue weighted by molar-refractivity contribution is 9.10. The zero-order valence-electron chi connectivity index (χ0n) is 5.84. The molecular weight excluding hydrogens is 254 g/mol. The van der Waals surface area contributed by atoms with Gasteiger partial charge < -0.3 is 4.74 Å². The van der Waals surface area contributed by atoms with Gasteiger partial charge in [-0.15, -0.1) is 0 Å². The van der Waals surface area contributed by atoms with Gasteiger partial charge in [0.25, 0.3) is 0 Å². The molecule has 0 fully saturated rings. The van der Waals surface area contributed by atoms with Crippen LogP contribution in [0.3, 0.4) is 0 Å². The molecule has 0 N–H and O–H groups in total. The first-order valence-electron chi connectivity index (χ1n) is 2.88. The van der Waals surface area contributed by atoms with Crippen molar-refractivity contribution in [3.8, 4) is 0 Å². The van der Waals surface area contributed by atoms with Crippen LogP contribution in [0.4, 0.5) is 0 Å². The van der Waals surface area contributed by atoms with E-state index in [1.54, 1.807) is 6.92 Å². The number of halogens is 2. The average Bonchev–Trinajstić information content (AvgIpc) is 1.88. The molecular formula is C5H7BrClO3P. The zero-order valence-corrected chi connectivity index (χ0v) is 9.08. The Morgan fingerprint density at radius 1 is 1.82 bits per heavy atom. The summed E-state index contributed by atoms with van der Waals surface area (Å²) in [7, 11) is -0.195. The molecule has 0 aliphatic carbocycles. The van der Waals surface area contributed by atoms with E-state index in [1.165, 1.54) is 0 Å². The van der Waals surface area contributed by atoms with Gasteiger partial charge >= 0.3 is 5.97 Å². The fourth-order valence-corrected chi connectivity index (χ4v) is 1.30. The molecule has 0 aromatic heterocycles. The third kappa shape index (κ3) is 4.04. The van der Waals surface area contributed by atoms with Crippen molar-refractivity contribution in [3.05, 3.63) is 0 Å². The maximum atomic E-state index is 10.9. The van der Waals surface area contributed by atoms with Crippen molar-refractivity contribution in [2.75, 3.05) is 12.8 Å². The number of ether oxygens (including phenoxy) is 1. The number of rotatable bonds is 4. The summed E-state index contributed by atoms with van der Waals surface area (Å²) in [4.78, 5) is 10.9. The van der Waals surface area contributed by atoms with E-state index in [1.807, 2.05) is 0 Å². The number of alkyl halides is 2. The molecule has 0 aromatic rings. The Bertz CT molecular complexity index is 162. The van der Waals surface area contributed by atoms with E-state index in [9.17, 15) is 9.36 Å². The minimum Gasteiger partial charge on any atom is -0.464 e. The normalized spacial score (nSPS) is 15.9. The first-order chi connectivity index (χ1) is 5.04. The van der Waals surface area contributed by atoms with Gasteiger partial charge in [-0.1, -0.05) is 27.5 Å². The fraction of sp³-hybridized carbons (Fsp3) is 0.800. The number of carbonyl (C=O) groups is 1. The van der Waals surface area contributed by atoms with E-state index in [0.717, 1.165) is 0 Å². The van der Waals surface area contributed by atoms with Crippen molar-refractivity contribution in [1.82, 2.24) is 0 Å². The largest absolute Gasteiger partial charge is 0.464 e. The molecule has 0 radical (unpaired) electrons. The van der Waals surface area contributed by atoms with E-state index in [4.69, 9.17) is 11.6 Å². The average molecular weight is 261 g/mol. The van der Waals surface area contributed by atoms with Crippen LogP contribution in [0.25, 0.3) is 0 Å². The molecule has 0 rings (SSSR count). The topological polar surface area (TPSA) is 43.4 Å². The first-order valence-corrected chi connectivity index (χ1v) is 5.05. The van der Waals surface area contributed by atoms with Crippen LogP contribution in [-0.4, -0.2) is 22.5 Å². The van der Waals surface area contributed by atoms with Gasteiger partial charge in [0.15, 0.2) is 8.46 Å². The summed E-state index contributed by atoms with van der Waals surface area (Å²) in [6, 6.07) is 0. The summed E-state index contributed by atoms with van der Waals surface area (Å²) in [5, 5.41) is 0. The molecule has 0 amide bonds. The van der Waals surface area contributed by atoms with Crippen LogP contribution in [0, 0.1) is 0 Å². The third-order valence-electron chi connectivity index (χ3n) is 0.837. The standard InChI is InChI=1S/C5H7BrClO3P/c1-2-10-4(8)5(6,7)3-11-9/h2-3H2,1H3. The van der Waals surface area contributed by atoms with E-state index in [-0.39, 0.29) is 21.2 Å². The second kappa shape index (κ2) is 5.07. The Labute approximate surface area is 79.8 Å². The van der Waals surface area contributed by atoms with E-state index < -0.39 is 9.75 Å². The summed E-state index contributed by atoms with van der Waals surface area (Å²) < 4.78 is 13.4. The highest BCUT2D eigenvalue weighted by Crippen LogP contribution is 2.28. The van der Waals surface area contributed by atoms with Gasteiger partial charge in [-0.25, -0.2) is 4.79 Å². The van der Waals surface area contributed by atoms with Crippen molar-refractivity contribution in [3.63, 3.8) is 0 Å². The molecule has 0 heterocycles. The summed E-state index contributed by atoms with van der Waals surface area (Å²) in [5.41, 5.74) is 0. The van der Waals surface area contributed by atoms with Crippen molar-refractivity contribution in [2.45, 2.75) is 10.7 Å². The summed E-state index contributed by atoms with van der Waals surface area (Å²) in [6.45, 7) is 1.93. The zero-order chi connectivity index (χ0) is 8.91. The number of hydrogen-bond acceptors (Lipinski definition) is 3. The molecule has 0 saturated heterocycles. The maximum absolute atomic E-state index is 10.9. The van der Waals surface area contributed by atoms with Gasteiger partial charge in [0.1, 0.15) is 0 Å². The predicted molar refractivity (Wildman–Crippen MR) is 46.6 cm³/mol. The molecule has 6 heteroatoms. The highest BCUT2D eigenvalue weighted by Gasteiger charge is 2.34. The Kier molecular flexibility index (Phi) is 5.23. The molecule has 64 valence electrons. The molecule has 0 aliphatic heterocycles. The Hall–Kier alpha value is 0.340. The lowest BCUT2D eigenvalue weighted by Gasteiger charge is -2.13. The van der Waals surface area contributed by atoms with E-state index in [2.05, 4.69) is 20.7 Å². The molecule has 0 aromatic carbocycles.